The first-order valence-electron chi connectivity index (χ1n) is 9.88. The van der Waals surface area contributed by atoms with Crippen molar-refractivity contribution in [1.82, 2.24) is 0 Å². The van der Waals surface area contributed by atoms with E-state index in [1.54, 1.807) is 7.11 Å². The van der Waals surface area contributed by atoms with Crippen molar-refractivity contribution in [2.75, 3.05) is 7.11 Å². The molecule has 0 aliphatic heterocycles. The highest BCUT2D eigenvalue weighted by atomic mass is 16.5. The second kappa shape index (κ2) is 5.38. The third kappa shape index (κ3) is 2.02. The van der Waals surface area contributed by atoms with Crippen LogP contribution >= 0.6 is 0 Å². The van der Waals surface area contributed by atoms with Gasteiger partial charge in [-0.05, 0) is 72.5 Å². The molecule has 2 nitrogen and oxygen atoms in total. The Labute approximate surface area is 152 Å². The number of hydrogen-bond donors (Lipinski definition) is 1. The van der Waals surface area contributed by atoms with E-state index in [9.17, 15) is 5.11 Å². The van der Waals surface area contributed by atoms with E-state index in [0.717, 1.165) is 37.9 Å². The van der Waals surface area contributed by atoms with Gasteiger partial charge in [-0.3, -0.25) is 0 Å². The molecule has 2 fully saturated rings. The summed E-state index contributed by atoms with van der Waals surface area (Å²) < 4.78 is 5.50. The van der Waals surface area contributed by atoms with Crippen LogP contribution in [0.25, 0.3) is 0 Å². The van der Waals surface area contributed by atoms with E-state index in [-0.39, 0.29) is 10.8 Å². The molecule has 4 aliphatic rings. The molecule has 0 radical (unpaired) electrons. The number of hydrogen-bond acceptors (Lipinski definition) is 2. The van der Waals surface area contributed by atoms with Gasteiger partial charge in [0.1, 0.15) is 0 Å². The van der Waals surface area contributed by atoms with Crippen LogP contribution in [-0.2, 0) is 4.74 Å². The summed E-state index contributed by atoms with van der Waals surface area (Å²) in [6.45, 7) is 11.0. The summed E-state index contributed by atoms with van der Waals surface area (Å²) in [6.07, 6.45) is 10.6. The minimum atomic E-state index is -0.604. The lowest BCUT2D eigenvalue weighted by Crippen LogP contribution is -2.61. The normalized spacial score (nSPS) is 48.5. The fourth-order valence-corrected chi connectivity index (χ4v) is 6.93. The molecule has 2 saturated carbocycles. The van der Waals surface area contributed by atoms with Crippen LogP contribution < -0.4 is 0 Å². The van der Waals surface area contributed by atoms with Crippen molar-refractivity contribution < 1.29 is 9.84 Å². The van der Waals surface area contributed by atoms with Gasteiger partial charge in [0, 0.05) is 11.8 Å². The molecule has 0 bridgehead atoms. The second-order valence-corrected chi connectivity index (χ2v) is 9.32. The van der Waals surface area contributed by atoms with Crippen molar-refractivity contribution >= 4 is 0 Å². The first kappa shape index (κ1) is 17.2. The maximum atomic E-state index is 12.1. The number of methoxy groups -OCH3 is 1. The number of rotatable bonds is 1. The van der Waals surface area contributed by atoms with Crippen LogP contribution in [0.3, 0.4) is 0 Å². The van der Waals surface area contributed by atoms with Gasteiger partial charge >= 0.3 is 0 Å². The fourth-order valence-electron chi connectivity index (χ4n) is 6.93. The molecule has 0 aromatic heterocycles. The Morgan fingerprint density at radius 2 is 2.00 bits per heavy atom. The van der Waals surface area contributed by atoms with Gasteiger partial charge in [0.15, 0.2) is 0 Å². The third-order valence-corrected chi connectivity index (χ3v) is 8.48. The van der Waals surface area contributed by atoms with Crippen LogP contribution in [0.4, 0.5) is 0 Å². The summed E-state index contributed by atoms with van der Waals surface area (Å²) in [5.41, 5.74) is 5.40. The van der Waals surface area contributed by atoms with Gasteiger partial charge in [-0.1, -0.05) is 33.4 Å². The second-order valence-electron chi connectivity index (χ2n) is 9.32. The lowest BCUT2D eigenvalue weighted by Gasteiger charge is -2.61. The van der Waals surface area contributed by atoms with Crippen molar-refractivity contribution in [3.8, 4) is 0 Å². The van der Waals surface area contributed by atoms with Crippen LogP contribution in [0.15, 0.2) is 41.4 Å². The highest BCUT2D eigenvalue weighted by Gasteiger charge is 2.65. The Bertz CT molecular complexity index is 710. The van der Waals surface area contributed by atoms with Crippen LogP contribution in [0.1, 0.15) is 59.3 Å². The predicted molar refractivity (Wildman–Crippen MR) is 101 cm³/mol. The third-order valence-electron chi connectivity index (χ3n) is 8.48. The van der Waals surface area contributed by atoms with E-state index in [0.29, 0.717) is 17.8 Å². The predicted octanol–water partition coefficient (Wildman–Crippen LogP) is 5.16. The largest absolute Gasteiger partial charge is 0.501 e. The lowest BCUT2D eigenvalue weighted by molar-refractivity contribution is -0.172. The molecule has 4 rings (SSSR count). The highest BCUT2D eigenvalue weighted by molar-refractivity contribution is 5.40. The first-order valence-corrected chi connectivity index (χ1v) is 9.88. The molecule has 2 heteroatoms. The summed E-state index contributed by atoms with van der Waals surface area (Å²) in [5.74, 6) is 2.47. The molecular weight excluding hydrogens is 308 g/mol. The van der Waals surface area contributed by atoms with Gasteiger partial charge < -0.3 is 9.84 Å². The van der Waals surface area contributed by atoms with Gasteiger partial charge in [-0.2, -0.15) is 0 Å². The number of aliphatic hydroxyl groups is 1. The molecular formula is C23H32O2. The Morgan fingerprint density at radius 3 is 2.68 bits per heavy atom. The van der Waals surface area contributed by atoms with Crippen molar-refractivity contribution in [1.29, 1.82) is 0 Å². The summed E-state index contributed by atoms with van der Waals surface area (Å²) in [7, 11) is 1.75. The zero-order chi connectivity index (χ0) is 18.0. The molecule has 0 spiro atoms. The van der Waals surface area contributed by atoms with Gasteiger partial charge in [0.2, 0.25) is 0 Å². The monoisotopic (exact) mass is 340 g/mol. The molecule has 0 aromatic rings. The smallest absolute Gasteiger partial charge is 0.0958 e. The molecule has 0 saturated heterocycles. The number of allylic oxidation sites excluding steroid dienone is 4. The van der Waals surface area contributed by atoms with E-state index in [4.69, 9.17) is 4.74 Å². The molecule has 136 valence electrons. The maximum absolute atomic E-state index is 12.1. The summed E-state index contributed by atoms with van der Waals surface area (Å²) in [4.78, 5) is 0. The zero-order valence-corrected chi connectivity index (χ0v) is 16.2. The summed E-state index contributed by atoms with van der Waals surface area (Å²) in [5, 5.41) is 12.1. The average molecular weight is 341 g/mol. The molecule has 6 atom stereocenters. The van der Waals surface area contributed by atoms with Crippen LogP contribution in [0, 0.1) is 28.6 Å². The van der Waals surface area contributed by atoms with Gasteiger partial charge in [0.05, 0.1) is 18.5 Å². The molecule has 1 unspecified atom stereocenters. The average Bonchev–Trinajstić information content (AvgIpc) is 2.85. The van der Waals surface area contributed by atoms with Gasteiger partial charge in [0.25, 0.3) is 0 Å². The van der Waals surface area contributed by atoms with E-state index >= 15 is 0 Å². The topological polar surface area (TPSA) is 29.5 Å². The van der Waals surface area contributed by atoms with Crippen molar-refractivity contribution in [3.63, 3.8) is 0 Å². The fraction of sp³-hybridized carbons (Fsp3) is 0.696. The maximum Gasteiger partial charge on any atom is 0.0958 e. The number of ether oxygens (including phenoxy) is 1. The van der Waals surface area contributed by atoms with Gasteiger partial charge in [-0.15, -0.1) is 5.73 Å². The first-order chi connectivity index (χ1) is 11.8. The summed E-state index contributed by atoms with van der Waals surface area (Å²) in [6, 6.07) is 0. The minimum Gasteiger partial charge on any atom is -0.501 e. The SMILES string of the molecule is C=C=C1[C@@H](C)C[C@H]2[C@@H]3CC=C4C=C(OC)CC[C@]4(C)C3(O)CC[C@]12C. The van der Waals surface area contributed by atoms with E-state index in [2.05, 4.69) is 45.2 Å². The van der Waals surface area contributed by atoms with E-state index < -0.39 is 5.60 Å². The standard InChI is InChI=1S/C23H32O2/c1-6-18-15(2)13-20-19-8-7-16-14-17(25-5)9-10-22(16,4)23(19,24)12-11-21(18,20)3/h7,14-15,19-20,24H,1,8-13H2,2-5H3/t15-,19-,20-,21+,22-,23?/m0/s1. The quantitative estimate of drug-likeness (QED) is 0.668. The van der Waals surface area contributed by atoms with Crippen LogP contribution in [0.5, 0.6) is 0 Å². The van der Waals surface area contributed by atoms with Crippen molar-refractivity contribution in [2.45, 2.75) is 64.9 Å². The lowest BCUT2D eigenvalue weighted by atomic mass is 9.46. The number of fused-ring (bicyclic) bond motifs is 5. The molecule has 1 N–H and O–H groups in total. The zero-order valence-electron chi connectivity index (χ0n) is 16.2. The Balaban J connectivity index is 1.79. The Hall–Kier alpha value is -1.24. The Kier molecular flexibility index (Phi) is 3.70. The van der Waals surface area contributed by atoms with Crippen LogP contribution in [0.2, 0.25) is 0 Å². The van der Waals surface area contributed by atoms with Crippen LogP contribution in [-0.4, -0.2) is 17.8 Å². The summed E-state index contributed by atoms with van der Waals surface area (Å²) >= 11 is 0. The molecule has 0 amide bonds. The van der Waals surface area contributed by atoms with Crippen molar-refractivity contribution in [2.24, 2.45) is 28.6 Å². The molecule has 4 aliphatic carbocycles. The highest BCUT2D eigenvalue weighted by Crippen LogP contribution is 2.68. The molecule has 25 heavy (non-hydrogen) atoms. The molecule has 0 heterocycles. The minimum absolute atomic E-state index is 0.150. The van der Waals surface area contributed by atoms with E-state index in [1.807, 2.05) is 0 Å². The molecule has 0 aromatic carbocycles. The van der Waals surface area contributed by atoms with E-state index in [1.165, 1.54) is 17.6 Å². The Morgan fingerprint density at radius 1 is 1.24 bits per heavy atom. The van der Waals surface area contributed by atoms with Crippen molar-refractivity contribution in [3.05, 3.63) is 41.4 Å². The van der Waals surface area contributed by atoms with Gasteiger partial charge in [-0.25, -0.2) is 0 Å².